The third-order valence-corrected chi connectivity index (χ3v) is 5.40. The highest BCUT2D eigenvalue weighted by atomic mass is 16.3. The minimum absolute atomic E-state index is 0.104. The number of hydrogen-bond acceptors (Lipinski definition) is 2. The molecule has 5 rings (SSSR count). The van der Waals surface area contributed by atoms with Gasteiger partial charge in [-0.3, -0.25) is 4.79 Å². The Labute approximate surface area is 180 Å². The monoisotopic (exact) mass is 401 g/mol. The van der Waals surface area contributed by atoms with E-state index in [2.05, 4.69) is 24.3 Å². The van der Waals surface area contributed by atoms with Crippen LogP contribution in [0.25, 0.3) is 33.0 Å². The second-order valence-electron chi connectivity index (χ2n) is 7.42. The minimum Gasteiger partial charge on any atom is -0.867 e. The van der Waals surface area contributed by atoms with Crippen molar-refractivity contribution < 1.29 is 14.5 Å². The Kier molecular flexibility index (Phi) is 4.77. The Morgan fingerprint density at radius 3 is 1.77 bits per heavy atom. The SMILES string of the molecule is O=C(/C(=C(\[O-])c1ccccc1)[n+]1ccc2cc3ccccc3cc2c1)c1ccccc1. The lowest BCUT2D eigenvalue weighted by molar-refractivity contribution is -0.577. The molecule has 3 nitrogen and oxygen atoms in total. The first-order chi connectivity index (χ1) is 15.2. The van der Waals surface area contributed by atoms with Gasteiger partial charge < -0.3 is 5.11 Å². The second kappa shape index (κ2) is 7.88. The average molecular weight is 401 g/mol. The van der Waals surface area contributed by atoms with Crippen LogP contribution in [0.5, 0.6) is 0 Å². The Morgan fingerprint density at radius 2 is 1.13 bits per heavy atom. The van der Waals surface area contributed by atoms with Gasteiger partial charge in [0.1, 0.15) is 0 Å². The van der Waals surface area contributed by atoms with E-state index < -0.39 is 0 Å². The van der Waals surface area contributed by atoms with E-state index in [1.165, 1.54) is 0 Å². The highest BCUT2D eigenvalue weighted by molar-refractivity contribution is 6.26. The summed E-state index contributed by atoms with van der Waals surface area (Å²) in [5.74, 6) is -0.612. The number of ketones is 1. The zero-order valence-corrected chi connectivity index (χ0v) is 16.7. The summed E-state index contributed by atoms with van der Waals surface area (Å²) in [4.78, 5) is 13.4. The summed E-state index contributed by atoms with van der Waals surface area (Å²) in [6.07, 6.45) is 3.65. The molecule has 0 N–H and O–H groups in total. The van der Waals surface area contributed by atoms with Crippen LogP contribution in [0.15, 0.2) is 116 Å². The van der Waals surface area contributed by atoms with E-state index >= 15 is 0 Å². The molecule has 0 aliphatic rings. The van der Waals surface area contributed by atoms with Crippen LogP contribution in [-0.2, 0) is 0 Å². The molecule has 5 aromatic rings. The zero-order chi connectivity index (χ0) is 21.2. The molecule has 0 radical (unpaired) electrons. The maximum atomic E-state index is 13.4. The number of hydrogen-bond donors (Lipinski definition) is 0. The number of carbonyl (C=O) groups is 1. The number of nitrogens with zero attached hydrogens (tertiary/aromatic N) is 1. The summed E-state index contributed by atoms with van der Waals surface area (Å²) in [5, 5.41) is 17.7. The van der Waals surface area contributed by atoms with Gasteiger partial charge in [-0.1, -0.05) is 84.9 Å². The standard InChI is InChI=1S/C28H19NO2/c30-27(20-9-3-1-4-10-20)26(28(31)21-11-5-2-6-12-21)29-16-15-24-17-22-13-7-8-14-23(22)18-25(24)19-29/h1-19H. The zero-order valence-electron chi connectivity index (χ0n) is 16.7. The van der Waals surface area contributed by atoms with E-state index in [1.807, 2.05) is 36.5 Å². The predicted molar refractivity (Wildman–Crippen MR) is 122 cm³/mol. The van der Waals surface area contributed by atoms with Gasteiger partial charge in [-0.05, 0) is 39.6 Å². The number of pyridine rings is 1. The molecule has 0 bridgehead atoms. The Hall–Kier alpha value is -4.24. The molecule has 0 aliphatic carbocycles. The number of rotatable bonds is 4. The van der Waals surface area contributed by atoms with Gasteiger partial charge in [-0.25, -0.2) is 0 Å². The van der Waals surface area contributed by atoms with Crippen LogP contribution in [0, 0.1) is 0 Å². The second-order valence-corrected chi connectivity index (χ2v) is 7.42. The molecule has 0 spiro atoms. The molecule has 0 atom stereocenters. The first-order valence-electron chi connectivity index (χ1n) is 10.1. The fraction of sp³-hybridized carbons (Fsp3) is 0. The van der Waals surface area contributed by atoms with Gasteiger partial charge in [0.15, 0.2) is 12.4 Å². The van der Waals surface area contributed by atoms with Crippen molar-refractivity contribution in [2.75, 3.05) is 0 Å². The van der Waals surface area contributed by atoms with E-state index in [-0.39, 0.29) is 17.2 Å². The molecule has 4 aromatic carbocycles. The molecule has 0 saturated heterocycles. The highest BCUT2D eigenvalue weighted by Crippen LogP contribution is 2.23. The minimum atomic E-state index is -0.306. The lowest BCUT2D eigenvalue weighted by atomic mass is 10.0. The number of fused-ring (bicyclic) bond motifs is 2. The normalized spacial score (nSPS) is 12.0. The van der Waals surface area contributed by atoms with Crippen LogP contribution < -0.4 is 9.67 Å². The largest absolute Gasteiger partial charge is 0.867 e. The highest BCUT2D eigenvalue weighted by Gasteiger charge is 2.24. The summed E-state index contributed by atoms with van der Waals surface area (Å²) in [6.45, 7) is 0. The van der Waals surface area contributed by atoms with Crippen molar-refractivity contribution in [1.82, 2.24) is 0 Å². The third kappa shape index (κ3) is 3.58. The third-order valence-electron chi connectivity index (χ3n) is 5.40. The number of aromatic nitrogens is 1. The topological polar surface area (TPSA) is 44.0 Å². The molecular formula is C28H19NO2. The van der Waals surface area contributed by atoms with Crippen molar-refractivity contribution in [3.05, 3.63) is 127 Å². The maximum Gasteiger partial charge on any atom is 0.256 e. The molecule has 0 fully saturated rings. The first kappa shape index (κ1) is 18.8. The van der Waals surface area contributed by atoms with Crippen LogP contribution in [0.2, 0.25) is 0 Å². The molecular weight excluding hydrogens is 382 g/mol. The molecule has 0 aliphatic heterocycles. The first-order valence-corrected chi connectivity index (χ1v) is 10.1. The number of allylic oxidation sites excluding steroid dienone is 1. The molecule has 0 amide bonds. The summed E-state index contributed by atoms with van der Waals surface area (Å²) < 4.78 is 1.65. The van der Waals surface area contributed by atoms with Crippen LogP contribution >= 0.6 is 0 Å². The Bertz CT molecular complexity index is 1440. The van der Waals surface area contributed by atoms with E-state index in [1.54, 1.807) is 59.3 Å². The number of benzene rings is 4. The fourth-order valence-electron chi connectivity index (χ4n) is 3.81. The summed E-state index contributed by atoms with van der Waals surface area (Å²) in [7, 11) is 0. The van der Waals surface area contributed by atoms with Crippen molar-refractivity contribution in [2.24, 2.45) is 0 Å². The van der Waals surface area contributed by atoms with Crippen molar-refractivity contribution in [2.45, 2.75) is 0 Å². The van der Waals surface area contributed by atoms with Gasteiger partial charge in [-0.2, -0.15) is 4.57 Å². The molecule has 148 valence electrons. The number of Topliss-reactive ketones (excluding diaryl/α,β-unsaturated/α-hetero) is 1. The van der Waals surface area contributed by atoms with Crippen LogP contribution in [0.3, 0.4) is 0 Å². The Balaban J connectivity index is 1.73. The van der Waals surface area contributed by atoms with Crippen LogP contribution in [0.1, 0.15) is 15.9 Å². The molecule has 31 heavy (non-hydrogen) atoms. The van der Waals surface area contributed by atoms with Crippen molar-refractivity contribution in [3.8, 4) is 0 Å². The molecule has 3 heteroatoms. The lowest BCUT2D eigenvalue weighted by Gasteiger charge is -2.15. The van der Waals surface area contributed by atoms with E-state index in [4.69, 9.17) is 0 Å². The van der Waals surface area contributed by atoms with Crippen molar-refractivity contribution in [3.63, 3.8) is 0 Å². The van der Waals surface area contributed by atoms with Gasteiger partial charge in [0, 0.05) is 17.0 Å². The number of carbonyl (C=O) groups excluding carboxylic acids is 1. The fourth-order valence-corrected chi connectivity index (χ4v) is 3.81. The molecule has 1 heterocycles. The van der Waals surface area contributed by atoms with Gasteiger partial charge in [-0.15, -0.1) is 0 Å². The molecule has 0 unspecified atom stereocenters. The van der Waals surface area contributed by atoms with E-state index in [0.29, 0.717) is 11.1 Å². The van der Waals surface area contributed by atoms with Crippen LogP contribution in [-0.4, -0.2) is 5.78 Å². The molecule has 1 aromatic heterocycles. The van der Waals surface area contributed by atoms with Gasteiger partial charge >= 0.3 is 0 Å². The van der Waals surface area contributed by atoms with Gasteiger partial charge in [0.2, 0.25) is 0 Å². The average Bonchev–Trinajstić information content (AvgIpc) is 2.83. The Morgan fingerprint density at radius 1 is 0.613 bits per heavy atom. The van der Waals surface area contributed by atoms with Gasteiger partial charge in [0.25, 0.3) is 11.5 Å². The smallest absolute Gasteiger partial charge is 0.256 e. The quantitative estimate of drug-likeness (QED) is 0.142. The van der Waals surface area contributed by atoms with Crippen molar-refractivity contribution in [1.29, 1.82) is 0 Å². The summed E-state index contributed by atoms with van der Waals surface area (Å²) in [5.41, 5.74) is 1.06. The summed E-state index contributed by atoms with van der Waals surface area (Å²) >= 11 is 0. The maximum absolute atomic E-state index is 13.4. The lowest BCUT2D eigenvalue weighted by Crippen LogP contribution is -2.38. The van der Waals surface area contributed by atoms with Crippen LogP contribution in [0.4, 0.5) is 0 Å². The predicted octanol–water partition coefficient (Wildman–Crippen LogP) is 4.85. The van der Waals surface area contributed by atoms with E-state index in [0.717, 1.165) is 21.5 Å². The molecule has 0 saturated carbocycles. The van der Waals surface area contributed by atoms with Crippen molar-refractivity contribution >= 4 is 38.8 Å². The summed E-state index contributed by atoms with van der Waals surface area (Å²) in [6, 6.07) is 32.1. The van der Waals surface area contributed by atoms with Gasteiger partial charge in [0.05, 0.1) is 0 Å². The van der Waals surface area contributed by atoms with E-state index in [9.17, 15) is 9.90 Å².